The molecule has 2 saturated carbocycles. The van der Waals surface area contributed by atoms with E-state index in [-0.39, 0.29) is 17.2 Å². The molecule has 0 amide bonds. The smallest absolute Gasteiger partial charge is 0.319 e. The van der Waals surface area contributed by atoms with Gasteiger partial charge in [0.05, 0.1) is 17.1 Å². The van der Waals surface area contributed by atoms with Gasteiger partial charge in [0.2, 0.25) is 0 Å². The van der Waals surface area contributed by atoms with E-state index in [1.165, 1.54) is 13.0 Å². The van der Waals surface area contributed by atoms with E-state index < -0.39 is 57.1 Å². The number of rotatable bonds is 5. The topological polar surface area (TPSA) is 121 Å². The zero-order valence-electron chi connectivity index (χ0n) is 14.6. The number of esters is 1. The lowest BCUT2D eigenvalue weighted by atomic mass is 9.67. The van der Waals surface area contributed by atoms with E-state index in [1.54, 1.807) is 6.92 Å². The fourth-order valence-electron chi connectivity index (χ4n) is 3.77. The van der Waals surface area contributed by atoms with Crippen molar-refractivity contribution in [3.05, 3.63) is 38.9 Å². The number of carbonyl (C=O) groups is 4. The number of ketones is 3. The van der Waals surface area contributed by atoms with Gasteiger partial charge in [0.1, 0.15) is 11.3 Å². The third-order valence-electron chi connectivity index (χ3n) is 5.34. The van der Waals surface area contributed by atoms with Crippen LogP contribution in [0, 0.1) is 33.3 Å². The fourth-order valence-corrected chi connectivity index (χ4v) is 3.94. The molecule has 1 unspecified atom stereocenters. The average Bonchev–Trinajstić information content (AvgIpc) is 3.41. The van der Waals surface area contributed by atoms with Crippen molar-refractivity contribution in [3.8, 4) is 0 Å². The zero-order valence-corrected chi connectivity index (χ0v) is 15.3. The number of hydrogen-bond donors (Lipinski definition) is 0. The van der Waals surface area contributed by atoms with Crippen LogP contribution in [0.4, 0.5) is 5.69 Å². The van der Waals surface area contributed by atoms with Gasteiger partial charge in [-0.25, -0.2) is 0 Å². The summed E-state index contributed by atoms with van der Waals surface area (Å²) in [5.74, 6) is -6.09. The van der Waals surface area contributed by atoms with Crippen molar-refractivity contribution in [2.45, 2.75) is 20.3 Å². The highest BCUT2D eigenvalue weighted by molar-refractivity contribution is 6.33. The molecule has 3 rings (SSSR count). The predicted molar refractivity (Wildman–Crippen MR) is 92.3 cm³/mol. The second-order valence-electron chi connectivity index (χ2n) is 6.85. The maximum atomic E-state index is 13.0. The largest absolute Gasteiger partial charge is 0.465 e. The van der Waals surface area contributed by atoms with Crippen LogP contribution in [0.3, 0.4) is 0 Å². The Morgan fingerprint density at radius 3 is 2.63 bits per heavy atom. The Kier molecular flexibility index (Phi) is 4.63. The van der Waals surface area contributed by atoms with Crippen LogP contribution >= 0.6 is 11.6 Å². The lowest BCUT2D eigenvalue weighted by Crippen LogP contribution is -2.52. The lowest BCUT2D eigenvalue weighted by Gasteiger charge is -2.32. The number of Topliss-reactive ketones (excluding diaryl/α,β-unsaturated/α-hetero) is 3. The first kappa shape index (κ1) is 19.2. The molecular weight excluding hydrogens is 378 g/mol. The number of nitro groups is 1. The van der Waals surface area contributed by atoms with Crippen molar-refractivity contribution in [1.29, 1.82) is 0 Å². The highest BCUT2D eigenvalue weighted by atomic mass is 35.5. The van der Waals surface area contributed by atoms with E-state index in [2.05, 4.69) is 0 Å². The Balaban J connectivity index is 2.05. The van der Waals surface area contributed by atoms with Crippen molar-refractivity contribution in [2.24, 2.45) is 23.2 Å². The number of carbonyl (C=O) groups excluding carboxylic acids is 4. The second kappa shape index (κ2) is 6.53. The molecule has 0 radical (unpaired) electrons. The molecule has 0 saturated heterocycles. The Labute approximate surface area is 159 Å². The molecule has 2 aliphatic rings. The quantitative estimate of drug-likeness (QED) is 0.247. The minimum atomic E-state index is -1.76. The standard InChI is InChI=1S/C18H16ClNO7/c1-3-27-17(24)18(2)11-7-10(11)15(22)13(16(18)23)14(21)9-5-4-8(19)6-12(9)20(25)26/h4-6,10-11,13H,3,7H2,1-2H3/t10-,11+,13?,18-/m1/s1. The second-order valence-corrected chi connectivity index (χ2v) is 7.29. The third kappa shape index (κ3) is 2.84. The summed E-state index contributed by atoms with van der Waals surface area (Å²) in [6, 6.07) is 3.37. The number of halogens is 1. The van der Waals surface area contributed by atoms with Gasteiger partial charge in [0, 0.05) is 17.0 Å². The number of nitro benzene ring substituents is 1. The summed E-state index contributed by atoms with van der Waals surface area (Å²) in [6.07, 6.45) is 0.312. The number of nitrogens with zero attached hydrogens (tertiary/aromatic N) is 1. The monoisotopic (exact) mass is 393 g/mol. The van der Waals surface area contributed by atoms with E-state index in [0.717, 1.165) is 12.1 Å². The van der Waals surface area contributed by atoms with Crippen molar-refractivity contribution in [3.63, 3.8) is 0 Å². The van der Waals surface area contributed by atoms with Crippen LogP contribution in [0.1, 0.15) is 30.6 Å². The van der Waals surface area contributed by atoms with E-state index in [0.29, 0.717) is 6.42 Å². The van der Waals surface area contributed by atoms with Crippen LogP contribution < -0.4 is 0 Å². The molecule has 142 valence electrons. The normalized spacial score (nSPS) is 29.1. The predicted octanol–water partition coefficient (Wildman–Crippen LogP) is 2.40. The van der Waals surface area contributed by atoms with Gasteiger partial charge < -0.3 is 4.74 Å². The molecule has 0 heterocycles. The van der Waals surface area contributed by atoms with Gasteiger partial charge in [-0.1, -0.05) is 11.6 Å². The molecule has 27 heavy (non-hydrogen) atoms. The third-order valence-corrected chi connectivity index (χ3v) is 5.57. The minimum Gasteiger partial charge on any atom is -0.465 e. The number of hydrogen-bond acceptors (Lipinski definition) is 7. The van der Waals surface area contributed by atoms with Crippen molar-refractivity contribution >= 4 is 40.6 Å². The molecule has 0 aromatic heterocycles. The van der Waals surface area contributed by atoms with Gasteiger partial charge in [-0.2, -0.15) is 0 Å². The first-order valence-corrected chi connectivity index (χ1v) is 8.75. The van der Waals surface area contributed by atoms with Crippen LogP contribution in [0.15, 0.2) is 18.2 Å². The molecule has 0 spiro atoms. The lowest BCUT2D eigenvalue weighted by molar-refractivity contribution is -0.385. The first-order valence-electron chi connectivity index (χ1n) is 8.38. The summed E-state index contributed by atoms with van der Waals surface area (Å²) >= 11 is 5.75. The summed E-state index contributed by atoms with van der Waals surface area (Å²) in [7, 11) is 0. The van der Waals surface area contributed by atoms with Crippen molar-refractivity contribution in [1.82, 2.24) is 0 Å². The molecule has 8 nitrogen and oxygen atoms in total. The Hall–Kier alpha value is -2.61. The number of ether oxygens (including phenoxy) is 1. The van der Waals surface area contributed by atoms with Crippen molar-refractivity contribution < 1.29 is 28.8 Å². The van der Waals surface area contributed by atoms with Gasteiger partial charge in [-0.15, -0.1) is 0 Å². The summed E-state index contributed by atoms with van der Waals surface area (Å²) < 4.78 is 4.99. The molecule has 4 atom stereocenters. The molecular formula is C18H16ClNO7. The van der Waals surface area contributed by atoms with Crippen LogP contribution in [0.25, 0.3) is 0 Å². The van der Waals surface area contributed by atoms with Gasteiger partial charge in [0.15, 0.2) is 17.3 Å². The molecule has 0 aliphatic heterocycles. The van der Waals surface area contributed by atoms with Gasteiger partial charge in [-0.05, 0) is 38.3 Å². The first-order chi connectivity index (χ1) is 12.6. The van der Waals surface area contributed by atoms with Crippen LogP contribution in [0.5, 0.6) is 0 Å². The maximum Gasteiger partial charge on any atom is 0.319 e. The summed E-state index contributed by atoms with van der Waals surface area (Å²) in [4.78, 5) is 61.5. The van der Waals surface area contributed by atoms with Gasteiger partial charge >= 0.3 is 5.97 Å². The van der Waals surface area contributed by atoms with E-state index in [4.69, 9.17) is 16.3 Å². The average molecular weight is 394 g/mol. The maximum absolute atomic E-state index is 13.0. The van der Waals surface area contributed by atoms with E-state index in [1.807, 2.05) is 0 Å². The molecule has 1 aromatic carbocycles. The SMILES string of the molecule is CCOC(=O)[C@@]1(C)C(=O)C(C(=O)c2ccc(Cl)cc2[N+](=O)[O-])C(=O)[C@@H]2C[C@@H]21. The fraction of sp³-hybridized carbons (Fsp3) is 0.444. The summed E-state index contributed by atoms with van der Waals surface area (Å²) in [6.45, 7) is 3.01. The highest BCUT2D eigenvalue weighted by Crippen LogP contribution is 2.58. The molecule has 1 aromatic rings. The Morgan fingerprint density at radius 2 is 2.04 bits per heavy atom. The molecule has 2 fully saturated rings. The summed E-state index contributed by atoms with van der Waals surface area (Å²) in [5, 5.41) is 11.3. The van der Waals surface area contributed by atoms with Gasteiger partial charge in [0.25, 0.3) is 5.69 Å². The molecule has 0 N–H and O–H groups in total. The molecule has 2 aliphatic carbocycles. The number of benzene rings is 1. The van der Waals surface area contributed by atoms with Gasteiger partial charge in [-0.3, -0.25) is 29.3 Å². The van der Waals surface area contributed by atoms with Crippen LogP contribution in [0.2, 0.25) is 5.02 Å². The number of fused-ring (bicyclic) bond motifs is 1. The highest BCUT2D eigenvalue weighted by Gasteiger charge is 2.69. The molecule has 9 heteroatoms. The summed E-state index contributed by atoms with van der Waals surface area (Å²) in [5.41, 5.74) is -2.60. The van der Waals surface area contributed by atoms with Crippen molar-refractivity contribution in [2.75, 3.05) is 6.61 Å². The van der Waals surface area contributed by atoms with Crippen LogP contribution in [-0.4, -0.2) is 34.8 Å². The Bertz CT molecular complexity index is 896. The zero-order chi connectivity index (χ0) is 20.1. The molecule has 0 bridgehead atoms. The van der Waals surface area contributed by atoms with E-state index in [9.17, 15) is 29.3 Å². The Morgan fingerprint density at radius 1 is 1.37 bits per heavy atom. The van der Waals surface area contributed by atoms with Crippen LogP contribution in [-0.2, 0) is 19.1 Å². The minimum absolute atomic E-state index is 0.0400. The van der Waals surface area contributed by atoms with E-state index >= 15 is 0 Å².